The van der Waals surface area contributed by atoms with E-state index in [0.29, 0.717) is 10.1 Å². The van der Waals surface area contributed by atoms with Crippen molar-refractivity contribution in [1.82, 2.24) is 9.97 Å². The monoisotopic (exact) mass is 266 g/mol. The van der Waals surface area contributed by atoms with Gasteiger partial charge >= 0.3 is 0 Å². The Balaban J connectivity index is 2.40. The van der Waals surface area contributed by atoms with Crippen LogP contribution >= 0.6 is 11.8 Å². The van der Waals surface area contributed by atoms with Crippen molar-refractivity contribution in [2.45, 2.75) is 23.1 Å². The van der Waals surface area contributed by atoms with Gasteiger partial charge in [0.25, 0.3) is 5.56 Å². The summed E-state index contributed by atoms with van der Waals surface area (Å²) in [6.07, 6.45) is 0.451. The van der Waals surface area contributed by atoms with Crippen LogP contribution in [0.2, 0.25) is 0 Å². The summed E-state index contributed by atoms with van der Waals surface area (Å²) in [5, 5.41) is 9.93. The van der Waals surface area contributed by atoms with Crippen molar-refractivity contribution in [2.75, 3.05) is 0 Å². The molecule has 0 aliphatic heterocycles. The maximum atomic E-state index is 13.6. The van der Waals surface area contributed by atoms with Crippen molar-refractivity contribution < 1.29 is 9.50 Å². The van der Waals surface area contributed by atoms with E-state index >= 15 is 0 Å². The first kappa shape index (κ1) is 12.8. The Labute approximate surface area is 107 Å². The van der Waals surface area contributed by atoms with E-state index in [1.165, 1.54) is 25.3 Å². The van der Waals surface area contributed by atoms with Gasteiger partial charge in [-0.2, -0.15) is 0 Å². The Hall–Kier alpha value is -1.66. The molecular formula is C12H11FN2O2S. The van der Waals surface area contributed by atoms with Crippen LogP contribution in [0.1, 0.15) is 18.6 Å². The number of aromatic nitrogens is 2. The van der Waals surface area contributed by atoms with Crippen LogP contribution in [-0.2, 0) is 0 Å². The molecule has 0 saturated heterocycles. The zero-order valence-corrected chi connectivity index (χ0v) is 10.4. The number of halogens is 1. The molecule has 0 radical (unpaired) electrons. The van der Waals surface area contributed by atoms with Gasteiger partial charge in [0.05, 0.1) is 6.10 Å². The van der Waals surface area contributed by atoms with E-state index in [1.54, 1.807) is 12.1 Å². The van der Waals surface area contributed by atoms with E-state index in [4.69, 9.17) is 0 Å². The number of aliphatic hydroxyl groups excluding tert-OH is 1. The minimum atomic E-state index is -0.927. The Morgan fingerprint density at radius 2 is 2.22 bits per heavy atom. The van der Waals surface area contributed by atoms with E-state index < -0.39 is 11.9 Å². The number of hydrogen-bond acceptors (Lipinski definition) is 4. The molecule has 2 N–H and O–H groups in total. The summed E-state index contributed by atoms with van der Waals surface area (Å²) in [6.45, 7) is 1.49. The van der Waals surface area contributed by atoms with Gasteiger partial charge in [-0.25, -0.2) is 9.37 Å². The molecule has 18 heavy (non-hydrogen) atoms. The number of H-pyrrole nitrogens is 1. The Morgan fingerprint density at radius 1 is 1.44 bits per heavy atom. The van der Waals surface area contributed by atoms with Crippen molar-refractivity contribution >= 4 is 11.8 Å². The number of nitrogens with zero attached hydrogens (tertiary/aromatic N) is 1. The second kappa shape index (κ2) is 5.32. The van der Waals surface area contributed by atoms with Crippen LogP contribution in [0.5, 0.6) is 0 Å². The highest BCUT2D eigenvalue weighted by Crippen LogP contribution is 2.32. The fourth-order valence-electron chi connectivity index (χ4n) is 1.52. The predicted octanol–water partition coefficient (Wildman–Crippen LogP) is 2.11. The molecule has 1 aromatic heterocycles. The highest BCUT2D eigenvalue weighted by molar-refractivity contribution is 7.99. The van der Waals surface area contributed by atoms with Crippen LogP contribution in [0.25, 0.3) is 0 Å². The molecule has 1 heterocycles. The number of aromatic amines is 1. The summed E-state index contributed by atoms with van der Waals surface area (Å²) >= 11 is 1.10. The van der Waals surface area contributed by atoms with Crippen LogP contribution in [0, 0.1) is 5.82 Å². The third kappa shape index (κ3) is 2.77. The van der Waals surface area contributed by atoms with E-state index in [0.717, 1.165) is 11.8 Å². The highest BCUT2D eigenvalue weighted by Gasteiger charge is 2.14. The molecule has 1 aromatic carbocycles. The van der Waals surface area contributed by atoms with Gasteiger partial charge in [-0.3, -0.25) is 4.79 Å². The molecule has 6 heteroatoms. The van der Waals surface area contributed by atoms with Crippen molar-refractivity contribution in [3.8, 4) is 0 Å². The normalized spacial score (nSPS) is 12.4. The van der Waals surface area contributed by atoms with E-state index in [9.17, 15) is 14.3 Å². The average Bonchev–Trinajstić information content (AvgIpc) is 2.28. The summed E-state index contributed by atoms with van der Waals surface area (Å²) in [7, 11) is 0. The smallest absolute Gasteiger partial charge is 0.251 e. The molecule has 0 amide bonds. The standard InChI is InChI=1S/C12H11FN2O2S/c1-7(16)11-8(13)3-2-4-9(11)18-12-14-6-5-10(17)15-12/h2-7,16H,1H3,(H,14,15,17)/t7-/m1/s1. The van der Waals surface area contributed by atoms with Crippen LogP contribution in [-0.4, -0.2) is 15.1 Å². The van der Waals surface area contributed by atoms with Crippen LogP contribution in [0.15, 0.2) is 45.3 Å². The molecule has 0 bridgehead atoms. The fraction of sp³-hybridized carbons (Fsp3) is 0.167. The number of benzene rings is 1. The lowest BCUT2D eigenvalue weighted by atomic mass is 10.1. The lowest BCUT2D eigenvalue weighted by Gasteiger charge is -2.11. The molecule has 2 aromatic rings. The SMILES string of the molecule is C[C@@H](O)c1c(F)cccc1Sc1nccc(=O)[nH]1. The van der Waals surface area contributed by atoms with Crippen molar-refractivity contribution in [3.63, 3.8) is 0 Å². The molecule has 1 atom stereocenters. The summed E-state index contributed by atoms with van der Waals surface area (Å²) in [5.41, 5.74) is -0.0727. The maximum Gasteiger partial charge on any atom is 0.251 e. The first-order valence-corrected chi connectivity index (χ1v) is 6.09. The minimum absolute atomic E-state index is 0.203. The van der Waals surface area contributed by atoms with Gasteiger partial charge in [-0.05, 0) is 19.1 Å². The van der Waals surface area contributed by atoms with Crippen LogP contribution in [0.3, 0.4) is 0 Å². The second-order valence-corrected chi connectivity index (χ2v) is 4.70. The van der Waals surface area contributed by atoms with Gasteiger partial charge in [0.1, 0.15) is 5.82 Å². The first-order chi connectivity index (χ1) is 8.58. The Morgan fingerprint density at radius 3 is 2.89 bits per heavy atom. The molecule has 0 aliphatic rings. The van der Waals surface area contributed by atoms with Gasteiger partial charge < -0.3 is 10.1 Å². The van der Waals surface area contributed by atoms with Crippen molar-refractivity contribution in [2.24, 2.45) is 0 Å². The number of nitrogens with one attached hydrogen (secondary N) is 1. The van der Waals surface area contributed by atoms with Crippen LogP contribution < -0.4 is 5.56 Å². The summed E-state index contributed by atoms with van der Waals surface area (Å²) < 4.78 is 13.6. The zero-order chi connectivity index (χ0) is 13.1. The Kier molecular flexibility index (Phi) is 3.78. The molecule has 0 aliphatic carbocycles. The second-order valence-electron chi connectivity index (χ2n) is 3.67. The number of rotatable bonds is 3. The first-order valence-electron chi connectivity index (χ1n) is 5.27. The van der Waals surface area contributed by atoms with E-state index in [-0.39, 0.29) is 11.1 Å². The Bertz CT molecular complexity index is 613. The summed E-state index contributed by atoms with van der Waals surface area (Å²) in [5.74, 6) is -0.478. The van der Waals surface area contributed by atoms with Crippen LogP contribution in [0.4, 0.5) is 4.39 Å². The molecule has 4 nitrogen and oxygen atoms in total. The molecule has 0 fully saturated rings. The predicted molar refractivity (Wildman–Crippen MR) is 66.0 cm³/mol. The number of hydrogen-bond donors (Lipinski definition) is 2. The molecule has 0 unspecified atom stereocenters. The van der Waals surface area contributed by atoms with E-state index in [2.05, 4.69) is 9.97 Å². The third-order valence-electron chi connectivity index (χ3n) is 2.29. The molecule has 94 valence electrons. The van der Waals surface area contributed by atoms with Gasteiger partial charge in [0.15, 0.2) is 5.16 Å². The summed E-state index contributed by atoms with van der Waals surface area (Å²) in [4.78, 5) is 18.2. The van der Waals surface area contributed by atoms with Crippen molar-refractivity contribution in [3.05, 3.63) is 52.2 Å². The zero-order valence-electron chi connectivity index (χ0n) is 9.55. The molecule has 0 spiro atoms. The molecule has 0 saturated carbocycles. The van der Waals surface area contributed by atoms with Crippen molar-refractivity contribution in [1.29, 1.82) is 0 Å². The highest BCUT2D eigenvalue weighted by atomic mass is 32.2. The van der Waals surface area contributed by atoms with Gasteiger partial charge in [-0.15, -0.1) is 0 Å². The number of aliphatic hydroxyl groups is 1. The maximum absolute atomic E-state index is 13.6. The third-order valence-corrected chi connectivity index (χ3v) is 3.26. The topological polar surface area (TPSA) is 66.0 Å². The molecule has 2 rings (SSSR count). The quantitative estimate of drug-likeness (QED) is 0.835. The fourth-order valence-corrected chi connectivity index (χ4v) is 2.52. The van der Waals surface area contributed by atoms with Gasteiger partial charge in [0, 0.05) is 22.7 Å². The average molecular weight is 266 g/mol. The minimum Gasteiger partial charge on any atom is -0.389 e. The van der Waals surface area contributed by atoms with Gasteiger partial charge in [-0.1, -0.05) is 17.8 Å². The van der Waals surface area contributed by atoms with E-state index in [1.807, 2.05) is 0 Å². The summed E-state index contributed by atoms with van der Waals surface area (Å²) in [6, 6.07) is 5.80. The lowest BCUT2D eigenvalue weighted by Crippen LogP contribution is -2.06. The lowest BCUT2D eigenvalue weighted by molar-refractivity contribution is 0.191. The van der Waals surface area contributed by atoms with Gasteiger partial charge in [0.2, 0.25) is 0 Å². The largest absolute Gasteiger partial charge is 0.389 e. The molecular weight excluding hydrogens is 255 g/mol.